The van der Waals surface area contributed by atoms with E-state index in [4.69, 9.17) is 15.2 Å². The van der Waals surface area contributed by atoms with E-state index in [9.17, 15) is 22.8 Å². The average molecular weight is 792 g/mol. The number of piperazine rings is 1. The quantitative estimate of drug-likeness (QED) is 0.182. The van der Waals surface area contributed by atoms with Crippen LogP contribution < -0.4 is 15.8 Å². The van der Waals surface area contributed by atoms with Crippen molar-refractivity contribution in [1.82, 2.24) is 24.7 Å². The minimum atomic E-state index is -4.52. The molecule has 308 valence electrons. The number of nitrogen functional groups attached to an aromatic ring is 1. The fourth-order valence-corrected chi connectivity index (χ4v) is 8.14. The smallest absolute Gasteiger partial charge is 0.416 e. The Bertz CT molecular complexity index is 1980. The molecule has 1 aliphatic carbocycles. The lowest BCUT2D eigenvalue weighted by Crippen LogP contribution is -2.50. The third-order valence-corrected chi connectivity index (χ3v) is 11.3. The fraction of sp³-hybridized carbons (Fsp3) is 0.581. The maximum absolute atomic E-state index is 13.7. The van der Waals surface area contributed by atoms with E-state index in [0.717, 1.165) is 74.7 Å². The van der Waals surface area contributed by atoms with Crippen LogP contribution in [-0.2, 0) is 15.7 Å². The predicted octanol–water partition coefficient (Wildman–Crippen LogP) is 7.79. The Balaban J connectivity index is 1.02. The highest BCUT2D eigenvalue weighted by Crippen LogP contribution is 2.43. The summed E-state index contributed by atoms with van der Waals surface area (Å²) >= 11 is 0. The van der Waals surface area contributed by atoms with Gasteiger partial charge in [0.25, 0.3) is 0 Å². The number of methoxy groups -OCH3 is 1. The number of halogens is 3. The maximum atomic E-state index is 13.7. The molecular weight excluding hydrogens is 736 g/mol. The molecule has 3 aliphatic rings. The Morgan fingerprint density at radius 3 is 2.25 bits per heavy atom. The Morgan fingerprint density at radius 2 is 1.61 bits per heavy atom. The Hall–Kier alpha value is -4.77. The number of anilines is 2. The van der Waals surface area contributed by atoms with Crippen LogP contribution >= 0.6 is 0 Å². The number of benzene rings is 2. The number of nitrogens with zero attached hydrogens (tertiary/aromatic N) is 5. The number of carbonyl (C=O) groups excluding carboxylic acids is 2. The van der Waals surface area contributed by atoms with Gasteiger partial charge in [-0.2, -0.15) is 13.2 Å². The lowest BCUT2D eigenvalue weighted by molar-refractivity contribution is -0.138. The summed E-state index contributed by atoms with van der Waals surface area (Å²) in [6.45, 7) is 14.1. The van der Waals surface area contributed by atoms with Crippen LogP contribution in [-0.4, -0.2) is 95.2 Å². The SMILES string of the molecule is COc1cc2nc(C)nc(N[C@H](C)c3cc(N)cc(C(F)(F)F)c3)c2cc1[C@H]1CC[C@H](C(=O)N2CCN(CC#CC3CCN(C(=O)OC(C)(C)C)CC3)CC2)CC1. The van der Waals surface area contributed by atoms with E-state index >= 15 is 0 Å². The number of aryl methyl sites for hydroxylation is 1. The molecule has 0 bridgehead atoms. The van der Waals surface area contributed by atoms with Gasteiger partial charge in [-0.15, -0.1) is 0 Å². The molecular formula is C43H56F3N7O4. The molecule has 2 saturated heterocycles. The normalized spacial score (nSPS) is 20.4. The van der Waals surface area contributed by atoms with Crippen molar-refractivity contribution >= 4 is 34.4 Å². The zero-order valence-electron chi connectivity index (χ0n) is 34.0. The van der Waals surface area contributed by atoms with E-state index in [1.165, 1.54) is 6.07 Å². The number of alkyl halides is 3. The molecule has 3 heterocycles. The number of nitrogens with two attached hydrogens (primary N) is 1. The summed E-state index contributed by atoms with van der Waals surface area (Å²) in [7, 11) is 1.63. The standard InChI is InChI=1S/C43H56F3N7O4/c1-27(32-22-33(43(44,45)46)24-34(47)23-32)48-39-36-25-35(38(56-6)26-37(36)49-28(2)50-39)30-9-11-31(12-10-30)40(54)52-20-18-51(19-21-52)15-7-8-29-13-16-53(17-14-29)41(55)57-42(3,4)5/h22-27,29-31H,9-21,47H2,1-6H3,(H,48,49,50)/t27-,30-,31-/m1/s1. The van der Waals surface area contributed by atoms with Crippen molar-refractivity contribution in [3.05, 3.63) is 52.8 Å². The molecule has 11 nitrogen and oxygen atoms in total. The van der Waals surface area contributed by atoms with Crippen LogP contribution in [0.2, 0.25) is 0 Å². The molecule has 3 aromatic rings. The molecule has 57 heavy (non-hydrogen) atoms. The fourth-order valence-electron chi connectivity index (χ4n) is 8.14. The van der Waals surface area contributed by atoms with Crippen LogP contribution in [0.1, 0.15) is 101 Å². The van der Waals surface area contributed by atoms with Crippen molar-refractivity contribution in [2.24, 2.45) is 11.8 Å². The molecule has 1 atom stereocenters. The highest BCUT2D eigenvalue weighted by Gasteiger charge is 2.34. The van der Waals surface area contributed by atoms with Gasteiger partial charge < -0.3 is 30.3 Å². The van der Waals surface area contributed by atoms with Crippen molar-refractivity contribution in [2.75, 3.05) is 64.0 Å². The van der Waals surface area contributed by atoms with Crippen LogP contribution in [0.4, 0.5) is 29.5 Å². The Kier molecular flexibility index (Phi) is 12.8. The molecule has 2 amide bonds. The Morgan fingerprint density at radius 1 is 0.930 bits per heavy atom. The summed E-state index contributed by atoms with van der Waals surface area (Å²) in [6, 6.07) is 6.98. The second kappa shape index (κ2) is 17.4. The summed E-state index contributed by atoms with van der Waals surface area (Å²) in [6.07, 6.45) is 0.0967. The van der Waals surface area contributed by atoms with Crippen LogP contribution in [0.15, 0.2) is 30.3 Å². The van der Waals surface area contributed by atoms with Gasteiger partial charge in [-0.25, -0.2) is 14.8 Å². The number of hydrogen-bond acceptors (Lipinski definition) is 9. The second-order valence-corrected chi connectivity index (χ2v) is 16.7. The molecule has 0 spiro atoms. The van der Waals surface area contributed by atoms with Crippen LogP contribution in [0.5, 0.6) is 5.75 Å². The third kappa shape index (κ3) is 10.6. The topological polar surface area (TPSA) is 126 Å². The van der Waals surface area contributed by atoms with Crippen LogP contribution in [0, 0.1) is 30.6 Å². The number of ether oxygens (including phenoxy) is 2. The molecule has 14 heteroatoms. The summed E-state index contributed by atoms with van der Waals surface area (Å²) in [4.78, 5) is 41.4. The number of amides is 2. The summed E-state index contributed by atoms with van der Waals surface area (Å²) in [5.74, 6) is 9.14. The number of fused-ring (bicyclic) bond motifs is 1. The minimum absolute atomic E-state index is 0.0328. The van der Waals surface area contributed by atoms with Gasteiger partial charge in [0.2, 0.25) is 5.91 Å². The van der Waals surface area contributed by atoms with Gasteiger partial charge in [0, 0.05) is 68.2 Å². The van der Waals surface area contributed by atoms with Gasteiger partial charge in [-0.3, -0.25) is 9.69 Å². The van der Waals surface area contributed by atoms with Gasteiger partial charge in [0.1, 0.15) is 23.0 Å². The molecule has 6 rings (SSSR count). The lowest BCUT2D eigenvalue weighted by atomic mass is 9.77. The number of piperidine rings is 1. The van der Waals surface area contributed by atoms with E-state index in [1.54, 1.807) is 25.9 Å². The Labute approximate surface area is 333 Å². The first-order chi connectivity index (χ1) is 27.0. The predicted molar refractivity (Wildman–Crippen MR) is 215 cm³/mol. The number of rotatable bonds is 7. The van der Waals surface area contributed by atoms with Gasteiger partial charge in [-0.1, -0.05) is 11.8 Å². The van der Waals surface area contributed by atoms with E-state index in [0.29, 0.717) is 61.2 Å². The van der Waals surface area contributed by atoms with Gasteiger partial charge >= 0.3 is 12.3 Å². The van der Waals surface area contributed by atoms with Gasteiger partial charge in [0.15, 0.2) is 0 Å². The van der Waals surface area contributed by atoms with Crippen LogP contribution in [0.25, 0.3) is 10.9 Å². The van der Waals surface area contributed by atoms with Gasteiger partial charge in [-0.05, 0) is 114 Å². The molecule has 0 radical (unpaired) electrons. The molecule has 1 saturated carbocycles. The number of carbonyl (C=O) groups is 2. The summed E-state index contributed by atoms with van der Waals surface area (Å²) in [5.41, 5.74) is 6.66. The zero-order valence-corrected chi connectivity index (χ0v) is 34.0. The number of likely N-dealkylation sites (tertiary alicyclic amines) is 1. The first kappa shape index (κ1) is 41.9. The molecule has 3 fully saturated rings. The van der Waals surface area contributed by atoms with E-state index in [1.807, 2.05) is 37.8 Å². The van der Waals surface area contributed by atoms with Gasteiger partial charge in [0.05, 0.1) is 30.8 Å². The molecule has 2 aliphatic heterocycles. The summed E-state index contributed by atoms with van der Waals surface area (Å²) < 4.78 is 52.0. The summed E-state index contributed by atoms with van der Waals surface area (Å²) in [5, 5.41) is 4.06. The number of aromatic nitrogens is 2. The minimum Gasteiger partial charge on any atom is -0.496 e. The highest BCUT2D eigenvalue weighted by molar-refractivity contribution is 5.91. The average Bonchev–Trinajstić information content (AvgIpc) is 3.16. The van der Waals surface area contributed by atoms with Crippen LogP contribution in [0.3, 0.4) is 0 Å². The van der Waals surface area contributed by atoms with Crippen molar-refractivity contribution < 1.29 is 32.2 Å². The lowest BCUT2D eigenvalue weighted by Gasteiger charge is -2.37. The van der Waals surface area contributed by atoms with E-state index < -0.39 is 23.4 Å². The molecule has 3 N–H and O–H groups in total. The zero-order chi connectivity index (χ0) is 41.1. The monoisotopic (exact) mass is 791 g/mol. The van der Waals surface area contributed by atoms with Crippen molar-refractivity contribution in [1.29, 1.82) is 0 Å². The molecule has 1 aromatic heterocycles. The van der Waals surface area contributed by atoms with E-state index in [2.05, 4.69) is 32.0 Å². The highest BCUT2D eigenvalue weighted by atomic mass is 19.4. The number of hydrogen-bond donors (Lipinski definition) is 2. The van der Waals surface area contributed by atoms with Crippen molar-refractivity contribution in [3.8, 4) is 17.6 Å². The first-order valence-electron chi connectivity index (χ1n) is 20.1. The first-order valence-corrected chi connectivity index (χ1v) is 20.1. The third-order valence-electron chi connectivity index (χ3n) is 11.3. The largest absolute Gasteiger partial charge is 0.496 e. The van der Waals surface area contributed by atoms with Crippen molar-refractivity contribution in [3.63, 3.8) is 0 Å². The number of nitrogens with one attached hydrogen (secondary N) is 1. The maximum Gasteiger partial charge on any atom is 0.416 e. The van der Waals surface area contributed by atoms with Crippen molar-refractivity contribution in [2.45, 2.75) is 96.9 Å². The molecule has 0 unspecified atom stereocenters. The second-order valence-electron chi connectivity index (χ2n) is 16.7. The van der Waals surface area contributed by atoms with E-state index in [-0.39, 0.29) is 35.4 Å². The molecule has 2 aromatic carbocycles.